The summed E-state index contributed by atoms with van der Waals surface area (Å²) in [7, 11) is 1.32. The van der Waals surface area contributed by atoms with Crippen LogP contribution in [-0.2, 0) is 19.1 Å². The van der Waals surface area contributed by atoms with Gasteiger partial charge in [0, 0.05) is 25.7 Å². The first-order valence-electron chi connectivity index (χ1n) is 9.50. The molecular formula is C20H30O6. The fourth-order valence-electron chi connectivity index (χ4n) is 6.25. The molecule has 0 aromatic heterocycles. The van der Waals surface area contributed by atoms with E-state index in [0.717, 1.165) is 24.8 Å². The molecule has 3 fully saturated rings. The molecule has 6 nitrogen and oxygen atoms in total. The Balaban J connectivity index is 2.17. The normalized spacial score (nSPS) is 45.3. The van der Waals surface area contributed by atoms with Gasteiger partial charge in [0.25, 0.3) is 0 Å². The minimum absolute atomic E-state index is 0.136. The van der Waals surface area contributed by atoms with Gasteiger partial charge in [-0.05, 0) is 37.0 Å². The van der Waals surface area contributed by atoms with Crippen LogP contribution in [0.25, 0.3) is 0 Å². The summed E-state index contributed by atoms with van der Waals surface area (Å²) in [6.45, 7) is 7.58. The van der Waals surface area contributed by atoms with Crippen LogP contribution in [0.2, 0.25) is 0 Å². The quantitative estimate of drug-likeness (QED) is 0.573. The second-order valence-electron chi connectivity index (χ2n) is 8.39. The van der Waals surface area contributed by atoms with Crippen LogP contribution >= 0.6 is 0 Å². The number of ether oxygens (including phenoxy) is 2. The maximum absolute atomic E-state index is 13.1. The number of rotatable bonds is 2. The van der Waals surface area contributed by atoms with E-state index in [9.17, 15) is 19.8 Å². The third-order valence-corrected chi connectivity index (χ3v) is 7.31. The van der Waals surface area contributed by atoms with Crippen LogP contribution in [0.4, 0.5) is 0 Å². The summed E-state index contributed by atoms with van der Waals surface area (Å²) < 4.78 is 10.6. The molecule has 2 N–H and O–H groups in total. The van der Waals surface area contributed by atoms with Gasteiger partial charge in [-0.25, -0.2) is 0 Å². The second-order valence-corrected chi connectivity index (χ2v) is 8.39. The van der Waals surface area contributed by atoms with E-state index in [1.165, 1.54) is 14.0 Å². The Kier molecular flexibility index (Phi) is 4.95. The molecule has 26 heavy (non-hydrogen) atoms. The predicted octanol–water partition coefficient (Wildman–Crippen LogP) is 1.98. The average Bonchev–Trinajstić information content (AvgIpc) is 2.91. The molecule has 0 amide bonds. The Morgan fingerprint density at radius 1 is 1.23 bits per heavy atom. The van der Waals surface area contributed by atoms with Gasteiger partial charge in [-0.3, -0.25) is 9.59 Å². The number of carbonyl (C=O) groups excluding carboxylic acids is 2. The van der Waals surface area contributed by atoms with Crippen molar-refractivity contribution in [1.82, 2.24) is 0 Å². The van der Waals surface area contributed by atoms with E-state index in [2.05, 4.69) is 6.58 Å². The molecule has 0 radical (unpaired) electrons. The molecule has 3 saturated carbocycles. The van der Waals surface area contributed by atoms with Crippen LogP contribution in [0.1, 0.15) is 52.4 Å². The Hall–Kier alpha value is -1.40. The molecular weight excluding hydrogens is 336 g/mol. The second kappa shape index (κ2) is 6.64. The summed E-state index contributed by atoms with van der Waals surface area (Å²) in [4.78, 5) is 24.6. The zero-order valence-electron chi connectivity index (χ0n) is 15.9. The lowest BCUT2D eigenvalue weighted by Gasteiger charge is -2.58. The molecule has 3 rings (SSSR count). The Morgan fingerprint density at radius 2 is 1.88 bits per heavy atom. The van der Waals surface area contributed by atoms with Gasteiger partial charge in [0.2, 0.25) is 0 Å². The van der Waals surface area contributed by atoms with Crippen molar-refractivity contribution < 1.29 is 29.3 Å². The molecule has 0 aliphatic heterocycles. The van der Waals surface area contributed by atoms with Gasteiger partial charge in [0.1, 0.15) is 11.5 Å². The smallest absolute Gasteiger partial charge is 0.315 e. The van der Waals surface area contributed by atoms with Crippen molar-refractivity contribution in [3.05, 3.63) is 12.2 Å². The van der Waals surface area contributed by atoms with E-state index in [4.69, 9.17) is 9.47 Å². The van der Waals surface area contributed by atoms with Crippen LogP contribution in [-0.4, -0.2) is 47.6 Å². The maximum atomic E-state index is 13.1. The van der Waals surface area contributed by atoms with Crippen LogP contribution in [0.5, 0.6) is 0 Å². The molecule has 6 heteroatoms. The van der Waals surface area contributed by atoms with Crippen LogP contribution in [0, 0.1) is 22.7 Å². The zero-order valence-corrected chi connectivity index (χ0v) is 15.9. The lowest BCUT2D eigenvalue weighted by atomic mass is 9.46. The topological polar surface area (TPSA) is 93.1 Å². The van der Waals surface area contributed by atoms with E-state index < -0.39 is 47.0 Å². The summed E-state index contributed by atoms with van der Waals surface area (Å²) in [6.07, 6.45) is 1.18. The fraction of sp³-hybridized carbons (Fsp3) is 0.800. The molecule has 0 heterocycles. The highest BCUT2D eigenvalue weighted by Crippen LogP contribution is 2.67. The van der Waals surface area contributed by atoms with Crippen LogP contribution in [0.15, 0.2) is 12.2 Å². The first-order chi connectivity index (χ1) is 12.2. The zero-order chi connectivity index (χ0) is 19.3. The van der Waals surface area contributed by atoms with E-state index >= 15 is 0 Å². The first-order valence-corrected chi connectivity index (χ1v) is 9.50. The summed E-state index contributed by atoms with van der Waals surface area (Å²) in [6, 6.07) is 0. The number of methoxy groups -OCH3 is 1. The van der Waals surface area contributed by atoms with Crippen molar-refractivity contribution in [3.8, 4) is 0 Å². The van der Waals surface area contributed by atoms with Crippen molar-refractivity contribution in [1.29, 1.82) is 0 Å². The molecule has 2 bridgehead atoms. The average molecular weight is 366 g/mol. The van der Waals surface area contributed by atoms with Gasteiger partial charge in [-0.15, -0.1) is 0 Å². The molecule has 0 saturated heterocycles. The third-order valence-electron chi connectivity index (χ3n) is 7.31. The van der Waals surface area contributed by atoms with Gasteiger partial charge in [0.15, 0.2) is 0 Å². The molecule has 0 spiro atoms. The van der Waals surface area contributed by atoms with Gasteiger partial charge in [-0.1, -0.05) is 19.1 Å². The monoisotopic (exact) mass is 366 g/mol. The summed E-state index contributed by atoms with van der Waals surface area (Å²) >= 11 is 0. The van der Waals surface area contributed by atoms with Gasteiger partial charge in [0.05, 0.1) is 19.3 Å². The molecule has 0 aromatic rings. The number of esters is 2. The summed E-state index contributed by atoms with van der Waals surface area (Å²) in [5, 5.41) is 22.1. The summed E-state index contributed by atoms with van der Waals surface area (Å²) in [5.74, 6) is -1.48. The molecule has 146 valence electrons. The van der Waals surface area contributed by atoms with Crippen molar-refractivity contribution in [3.63, 3.8) is 0 Å². The van der Waals surface area contributed by atoms with Gasteiger partial charge < -0.3 is 19.7 Å². The fourth-order valence-corrected chi connectivity index (χ4v) is 6.25. The van der Waals surface area contributed by atoms with Crippen molar-refractivity contribution >= 4 is 11.9 Å². The number of carbonyl (C=O) groups is 2. The maximum Gasteiger partial charge on any atom is 0.315 e. The van der Waals surface area contributed by atoms with Crippen molar-refractivity contribution in [2.24, 2.45) is 22.7 Å². The lowest BCUT2D eigenvalue weighted by molar-refractivity contribution is -0.202. The standard InChI is InChI=1S/C20H30O6/c1-11-5-7-19-8-6-15(22)17(19)20(11,18(24)25-4)16(23)10-14(9-12(19)2)26-13(3)21/h11,14-17,22-23H,2,5-10H2,1,3-4H3/t11-,14?,15+,16-,17-,19+,20-/m1/s1. The number of hydrogen-bond donors (Lipinski definition) is 2. The van der Waals surface area contributed by atoms with Gasteiger partial charge in [-0.2, -0.15) is 0 Å². The Morgan fingerprint density at radius 3 is 2.50 bits per heavy atom. The van der Waals surface area contributed by atoms with E-state index in [1.54, 1.807) is 0 Å². The van der Waals surface area contributed by atoms with Gasteiger partial charge >= 0.3 is 11.9 Å². The van der Waals surface area contributed by atoms with E-state index in [1.807, 2.05) is 6.92 Å². The summed E-state index contributed by atoms with van der Waals surface area (Å²) in [5.41, 5.74) is -0.734. The Labute approximate surface area is 154 Å². The van der Waals surface area contributed by atoms with Crippen molar-refractivity contribution in [2.45, 2.75) is 70.7 Å². The highest BCUT2D eigenvalue weighted by molar-refractivity contribution is 5.79. The minimum Gasteiger partial charge on any atom is -0.468 e. The van der Waals surface area contributed by atoms with E-state index in [0.29, 0.717) is 12.8 Å². The highest BCUT2D eigenvalue weighted by Gasteiger charge is 2.69. The number of aliphatic hydroxyl groups excluding tert-OH is 2. The molecule has 7 atom stereocenters. The third kappa shape index (κ3) is 2.53. The minimum atomic E-state index is -1.22. The largest absolute Gasteiger partial charge is 0.468 e. The predicted molar refractivity (Wildman–Crippen MR) is 93.9 cm³/mol. The Bertz CT molecular complexity index is 615. The number of hydrogen-bond acceptors (Lipinski definition) is 6. The SMILES string of the molecule is C=C1CC(OC(C)=O)C[C@@H](O)[C@]2(C(=O)OC)[C@H](C)CC[C@]13CC[C@H](O)[C@H]32. The molecule has 3 aliphatic rings. The molecule has 0 aromatic carbocycles. The first kappa shape index (κ1) is 19.4. The van der Waals surface area contributed by atoms with E-state index in [-0.39, 0.29) is 12.3 Å². The molecule has 3 aliphatic carbocycles. The van der Waals surface area contributed by atoms with Crippen LogP contribution < -0.4 is 0 Å². The highest BCUT2D eigenvalue weighted by atomic mass is 16.5. The number of aliphatic hydroxyl groups is 2. The van der Waals surface area contributed by atoms with Crippen LogP contribution in [0.3, 0.4) is 0 Å². The lowest BCUT2D eigenvalue weighted by Crippen LogP contribution is -2.63. The van der Waals surface area contributed by atoms with Crippen molar-refractivity contribution in [2.75, 3.05) is 7.11 Å². The molecule has 1 unspecified atom stereocenters.